The minimum absolute atomic E-state index is 0.376. The number of aliphatic carboxylic acids is 1. The van der Waals surface area contributed by atoms with Gasteiger partial charge in [-0.3, -0.25) is 0 Å². The molecule has 0 aliphatic carbocycles. The molecule has 0 bridgehead atoms. The van der Waals surface area contributed by atoms with Crippen molar-refractivity contribution in [1.29, 1.82) is 0 Å². The molecule has 3 aromatic rings. The van der Waals surface area contributed by atoms with Crippen LogP contribution in [0, 0.1) is 5.82 Å². The van der Waals surface area contributed by atoms with Crippen molar-refractivity contribution in [3.63, 3.8) is 0 Å². The molecule has 1 heterocycles. The highest BCUT2D eigenvalue weighted by atomic mass is 19.1. The van der Waals surface area contributed by atoms with E-state index in [1.807, 2.05) is 41.2 Å². The predicted molar refractivity (Wildman–Crippen MR) is 83.2 cm³/mol. The van der Waals surface area contributed by atoms with Gasteiger partial charge in [0.05, 0.1) is 5.69 Å². The normalized spacial score (nSPS) is 11.9. The van der Waals surface area contributed by atoms with E-state index in [2.05, 4.69) is 0 Å². The monoisotopic (exact) mass is 311 g/mol. The Morgan fingerprint density at radius 3 is 2.30 bits per heavy atom. The molecule has 0 amide bonds. The third-order valence-electron chi connectivity index (χ3n) is 3.39. The van der Waals surface area contributed by atoms with Gasteiger partial charge in [-0.1, -0.05) is 24.3 Å². The predicted octanol–water partition coefficient (Wildman–Crippen LogP) is 3.82. The van der Waals surface area contributed by atoms with E-state index in [1.54, 1.807) is 12.1 Å². The number of nitrogens with zero attached hydrogens (tertiary/aromatic N) is 1. The lowest BCUT2D eigenvalue weighted by atomic mass is 10.1. The van der Waals surface area contributed by atoms with Gasteiger partial charge in [-0.2, -0.15) is 0 Å². The van der Waals surface area contributed by atoms with Gasteiger partial charge >= 0.3 is 5.97 Å². The number of rotatable bonds is 5. The van der Waals surface area contributed by atoms with Crippen molar-refractivity contribution in [3.8, 4) is 11.4 Å². The fourth-order valence-electron chi connectivity index (χ4n) is 2.29. The maximum Gasteiger partial charge on any atom is 0.349 e. The molecular formula is C18H14FNO3. The SMILES string of the molecule is O=C(O)C(Oc1ccccc1-n1cccc1)c1ccc(F)cc1. The number of carbonyl (C=O) groups is 1. The first-order valence-corrected chi connectivity index (χ1v) is 7.02. The number of hydrogen-bond donors (Lipinski definition) is 1. The van der Waals surface area contributed by atoms with Gasteiger partial charge in [0, 0.05) is 18.0 Å². The summed E-state index contributed by atoms with van der Waals surface area (Å²) < 4.78 is 20.6. The molecule has 23 heavy (non-hydrogen) atoms. The minimum atomic E-state index is -1.22. The van der Waals surface area contributed by atoms with Crippen molar-refractivity contribution in [3.05, 3.63) is 84.4 Å². The zero-order valence-corrected chi connectivity index (χ0v) is 12.1. The molecule has 1 N–H and O–H groups in total. The maximum atomic E-state index is 13.0. The molecule has 1 aromatic heterocycles. The summed E-state index contributed by atoms with van der Waals surface area (Å²) in [6.07, 6.45) is 2.47. The van der Waals surface area contributed by atoms with Crippen LogP contribution in [0.4, 0.5) is 4.39 Å². The highest BCUT2D eigenvalue weighted by Gasteiger charge is 2.23. The molecule has 0 aliphatic rings. The van der Waals surface area contributed by atoms with Crippen LogP contribution in [0.2, 0.25) is 0 Å². The van der Waals surface area contributed by atoms with Gasteiger partial charge in [-0.15, -0.1) is 0 Å². The van der Waals surface area contributed by atoms with Gasteiger partial charge in [-0.05, 0) is 36.4 Å². The fourth-order valence-corrected chi connectivity index (χ4v) is 2.29. The average molecular weight is 311 g/mol. The van der Waals surface area contributed by atoms with E-state index < -0.39 is 17.9 Å². The lowest BCUT2D eigenvalue weighted by Crippen LogP contribution is -2.19. The Balaban J connectivity index is 1.96. The molecule has 116 valence electrons. The Bertz CT molecular complexity index is 797. The molecule has 4 nitrogen and oxygen atoms in total. The lowest BCUT2D eigenvalue weighted by molar-refractivity contribution is -0.145. The Kier molecular flexibility index (Phi) is 4.10. The Labute approximate surface area is 132 Å². The Hall–Kier alpha value is -3.08. The zero-order chi connectivity index (χ0) is 16.2. The van der Waals surface area contributed by atoms with Gasteiger partial charge in [0.1, 0.15) is 11.6 Å². The van der Waals surface area contributed by atoms with Crippen LogP contribution < -0.4 is 4.74 Å². The molecular weight excluding hydrogens is 297 g/mol. The second-order valence-corrected chi connectivity index (χ2v) is 4.95. The summed E-state index contributed by atoms with van der Waals surface area (Å²) in [5.74, 6) is -1.13. The highest BCUT2D eigenvalue weighted by Crippen LogP contribution is 2.28. The summed E-state index contributed by atoms with van der Waals surface area (Å²) in [6.45, 7) is 0. The number of ether oxygens (including phenoxy) is 1. The first-order chi connectivity index (χ1) is 11.1. The molecule has 0 saturated carbocycles. The van der Waals surface area contributed by atoms with Crippen molar-refractivity contribution in [2.45, 2.75) is 6.10 Å². The summed E-state index contributed by atoms with van der Waals surface area (Å²) in [4.78, 5) is 11.6. The number of carboxylic acid groups (broad SMARTS) is 1. The summed E-state index contributed by atoms with van der Waals surface area (Å²) in [5.41, 5.74) is 1.10. The molecule has 2 aromatic carbocycles. The van der Waals surface area contributed by atoms with Crippen LogP contribution in [0.25, 0.3) is 5.69 Å². The van der Waals surface area contributed by atoms with E-state index >= 15 is 0 Å². The van der Waals surface area contributed by atoms with Crippen LogP contribution in [-0.4, -0.2) is 15.6 Å². The lowest BCUT2D eigenvalue weighted by Gasteiger charge is -2.18. The minimum Gasteiger partial charge on any atom is -0.478 e. The molecule has 5 heteroatoms. The number of benzene rings is 2. The van der Waals surface area contributed by atoms with E-state index in [9.17, 15) is 14.3 Å². The summed E-state index contributed by atoms with van der Waals surface area (Å²) in [7, 11) is 0. The van der Waals surface area contributed by atoms with Crippen LogP contribution in [0.15, 0.2) is 73.1 Å². The number of hydrogen-bond acceptors (Lipinski definition) is 2. The van der Waals surface area contributed by atoms with Crippen LogP contribution in [0.3, 0.4) is 0 Å². The molecule has 1 atom stereocenters. The summed E-state index contributed by atoms with van der Waals surface area (Å²) >= 11 is 0. The smallest absolute Gasteiger partial charge is 0.349 e. The van der Waals surface area contributed by atoms with Gasteiger partial charge in [0.15, 0.2) is 0 Å². The zero-order valence-electron chi connectivity index (χ0n) is 12.1. The quantitative estimate of drug-likeness (QED) is 0.779. The second-order valence-electron chi connectivity index (χ2n) is 4.95. The molecule has 0 spiro atoms. The van der Waals surface area contributed by atoms with Gasteiger partial charge in [0.25, 0.3) is 0 Å². The molecule has 0 saturated heterocycles. The molecule has 0 fully saturated rings. The highest BCUT2D eigenvalue weighted by molar-refractivity contribution is 5.75. The molecule has 1 unspecified atom stereocenters. The van der Waals surface area contributed by atoms with Crippen molar-refractivity contribution >= 4 is 5.97 Å². The van der Waals surface area contributed by atoms with E-state index in [4.69, 9.17) is 4.74 Å². The standard InChI is InChI=1S/C18H14FNO3/c19-14-9-7-13(8-10-14)17(18(21)22)23-16-6-2-1-5-15(16)20-11-3-4-12-20/h1-12,17H,(H,21,22). The van der Waals surface area contributed by atoms with Gasteiger partial charge < -0.3 is 14.4 Å². The van der Waals surface area contributed by atoms with Crippen LogP contribution in [0.1, 0.15) is 11.7 Å². The molecule has 0 radical (unpaired) electrons. The van der Waals surface area contributed by atoms with Crippen LogP contribution in [-0.2, 0) is 4.79 Å². The van der Waals surface area contributed by atoms with E-state index in [0.29, 0.717) is 11.3 Å². The molecule has 3 rings (SSSR count). The number of carboxylic acids is 1. The van der Waals surface area contributed by atoms with E-state index in [1.165, 1.54) is 24.3 Å². The second kappa shape index (κ2) is 6.36. The number of para-hydroxylation sites is 2. The Morgan fingerprint density at radius 2 is 1.65 bits per heavy atom. The first kappa shape index (κ1) is 14.8. The van der Waals surface area contributed by atoms with E-state index in [-0.39, 0.29) is 0 Å². The molecule has 0 aliphatic heterocycles. The van der Waals surface area contributed by atoms with E-state index in [0.717, 1.165) is 5.69 Å². The largest absolute Gasteiger partial charge is 0.478 e. The van der Waals surface area contributed by atoms with Crippen LogP contribution >= 0.6 is 0 Å². The van der Waals surface area contributed by atoms with Crippen LogP contribution in [0.5, 0.6) is 5.75 Å². The summed E-state index contributed by atoms with van der Waals surface area (Å²) in [6, 6.07) is 16.1. The fraction of sp³-hybridized carbons (Fsp3) is 0.0556. The van der Waals surface area contributed by atoms with Gasteiger partial charge in [0.2, 0.25) is 6.10 Å². The Morgan fingerprint density at radius 1 is 1.00 bits per heavy atom. The number of halogens is 1. The van der Waals surface area contributed by atoms with Gasteiger partial charge in [-0.25, -0.2) is 9.18 Å². The topological polar surface area (TPSA) is 51.5 Å². The third-order valence-corrected chi connectivity index (χ3v) is 3.39. The average Bonchev–Trinajstić information content (AvgIpc) is 3.08. The van der Waals surface area contributed by atoms with Crippen molar-refractivity contribution in [2.24, 2.45) is 0 Å². The maximum absolute atomic E-state index is 13.0. The summed E-state index contributed by atoms with van der Waals surface area (Å²) in [5, 5.41) is 9.45. The first-order valence-electron chi connectivity index (χ1n) is 7.02. The van der Waals surface area contributed by atoms with Crippen molar-refractivity contribution in [2.75, 3.05) is 0 Å². The van der Waals surface area contributed by atoms with Crippen molar-refractivity contribution in [1.82, 2.24) is 4.57 Å². The van der Waals surface area contributed by atoms with Crippen molar-refractivity contribution < 1.29 is 19.0 Å². The third kappa shape index (κ3) is 3.23. The number of aromatic nitrogens is 1.